The first kappa shape index (κ1) is 54.7. The number of aliphatic hydroxyl groups is 1. The predicted molar refractivity (Wildman–Crippen MR) is 238 cm³/mol. The van der Waals surface area contributed by atoms with E-state index in [2.05, 4.69) is 79.9 Å². The number of unbranched alkanes of at least 4 members (excludes halogenated alkanes) is 19. The minimum atomic E-state index is -4.43. The number of aliphatic hydroxyl groups excluding tert-OH is 1. The molecule has 0 heterocycles. The third-order valence-corrected chi connectivity index (χ3v) is 10.4. The van der Waals surface area contributed by atoms with Crippen molar-refractivity contribution >= 4 is 19.7 Å². The molecule has 3 N–H and O–H groups in total. The van der Waals surface area contributed by atoms with E-state index in [9.17, 15) is 24.2 Å². The van der Waals surface area contributed by atoms with Gasteiger partial charge in [0.05, 0.1) is 13.2 Å². The number of amides is 1. The zero-order valence-corrected chi connectivity index (χ0v) is 37.2. The molecule has 0 bridgehead atoms. The molecule has 0 aliphatic carbocycles. The quantitative estimate of drug-likeness (QED) is 0.0240. The zero-order chi connectivity index (χ0) is 41.8. The van der Waals surface area contributed by atoms with Crippen LogP contribution in [0.5, 0.6) is 0 Å². The van der Waals surface area contributed by atoms with E-state index >= 15 is 0 Å². The van der Waals surface area contributed by atoms with Gasteiger partial charge in [-0.3, -0.25) is 18.6 Å². The molecule has 10 heteroatoms. The van der Waals surface area contributed by atoms with Crippen LogP contribution in [0, 0.1) is 0 Å². The Morgan fingerprint density at radius 3 is 1.49 bits per heavy atom. The van der Waals surface area contributed by atoms with Gasteiger partial charge in [-0.25, -0.2) is 4.57 Å². The number of nitrogens with one attached hydrogen (secondary N) is 1. The Morgan fingerprint density at radius 2 is 0.947 bits per heavy atom. The van der Waals surface area contributed by atoms with Gasteiger partial charge in [0, 0.05) is 19.4 Å². The van der Waals surface area contributed by atoms with E-state index in [4.69, 9.17) is 13.8 Å². The highest BCUT2D eigenvalue weighted by molar-refractivity contribution is 7.47. The maximum absolute atomic E-state index is 12.1. The van der Waals surface area contributed by atoms with Gasteiger partial charge in [-0.2, -0.15) is 0 Å². The predicted octanol–water partition coefficient (Wildman–Crippen LogP) is 12.9. The number of rotatable bonds is 42. The number of hydrogen-bond acceptors (Lipinski definition) is 7. The van der Waals surface area contributed by atoms with Crippen molar-refractivity contribution in [2.45, 2.75) is 200 Å². The number of phosphoric acid groups is 1. The van der Waals surface area contributed by atoms with Crippen LogP contribution in [0.3, 0.4) is 0 Å². The number of esters is 1. The summed E-state index contributed by atoms with van der Waals surface area (Å²) in [6, 6.07) is 0. The lowest BCUT2D eigenvalue weighted by Gasteiger charge is -2.15. The first-order valence-corrected chi connectivity index (χ1v) is 24.3. The fraction of sp³-hybridized carbons (Fsp3) is 0.745. The van der Waals surface area contributed by atoms with Crippen LogP contribution in [-0.2, 0) is 27.9 Å². The van der Waals surface area contributed by atoms with Crippen LogP contribution < -0.4 is 5.32 Å². The fourth-order valence-electron chi connectivity index (χ4n) is 5.95. The molecule has 330 valence electrons. The van der Waals surface area contributed by atoms with E-state index < -0.39 is 26.5 Å². The topological polar surface area (TPSA) is 131 Å². The van der Waals surface area contributed by atoms with Gasteiger partial charge in [-0.15, -0.1) is 0 Å². The van der Waals surface area contributed by atoms with Crippen molar-refractivity contribution in [1.82, 2.24) is 5.32 Å². The lowest BCUT2D eigenvalue weighted by molar-refractivity contribution is -0.147. The Bertz CT molecular complexity index is 1120. The maximum Gasteiger partial charge on any atom is 0.472 e. The lowest BCUT2D eigenvalue weighted by atomic mass is 10.1. The molecular formula is C47H84NO8P. The summed E-state index contributed by atoms with van der Waals surface area (Å²) in [5.74, 6) is -0.553. The van der Waals surface area contributed by atoms with E-state index in [0.29, 0.717) is 12.8 Å². The van der Waals surface area contributed by atoms with Crippen molar-refractivity contribution in [3.05, 3.63) is 60.8 Å². The van der Waals surface area contributed by atoms with Crippen molar-refractivity contribution in [2.24, 2.45) is 0 Å². The summed E-state index contributed by atoms with van der Waals surface area (Å²) in [6.45, 7) is 3.48. The van der Waals surface area contributed by atoms with Gasteiger partial charge in [0.1, 0.15) is 12.7 Å². The number of carbonyl (C=O) groups excluding carboxylic acids is 2. The van der Waals surface area contributed by atoms with E-state index in [1.807, 2.05) is 0 Å². The van der Waals surface area contributed by atoms with E-state index in [0.717, 1.165) is 57.8 Å². The summed E-state index contributed by atoms with van der Waals surface area (Å²) in [5.41, 5.74) is 0. The van der Waals surface area contributed by atoms with Crippen molar-refractivity contribution in [3.63, 3.8) is 0 Å². The molecule has 0 aromatic rings. The smallest absolute Gasteiger partial charge is 0.463 e. The summed E-state index contributed by atoms with van der Waals surface area (Å²) in [4.78, 5) is 33.9. The van der Waals surface area contributed by atoms with Gasteiger partial charge < -0.3 is 20.1 Å². The second-order valence-electron chi connectivity index (χ2n) is 15.0. The lowest BCUT2D eigenvalue weighted by Crippen LogP contribution is -2.27. The van der Waals surface area contributed by atoms with E-state index in [1.165, 1.54) is 103 Å². The molecule has 0 aromatic heterocycles. The van der Waals surface area contributed by atoms with E-state index in [1.54, 1.807) is 0 Å². The fourth-order valence-corrected chi connectivity index (χ4v) is 6.70. The highest BCUT2D eigenvalue weighted by atomic mass is 31.2. The standard InChI is InChI=1S/C47H84NO8P/c1-3-5-7-9-11-13-15-17-19-21-22-24-26-28-30-32-34-36-38-40-47(51)54-43-45(49)44-56-57(52,53)55-42-41-48-46(50)39-37-35-33-31-29-27-25-23-20-18-16-14-12-10-8-6-4-2/h11,13,17-20,22,24,28,30,45,49H,3-10,12,14-16,21,23,25-27,29,31-44H2,1-2H3,(H,48,50)(H,52,53)/b13-11-,19-17-,20-18-,24-22-,30-28-. The molecule has 0 aliphatic rings. The van der Waals surface area contributed by atoms with Gasteiger partial charge in [0.25, 0.3) is 0 Å². The second kappa shape index (κ2) is 43.3. The molecule has 0 fully saturated rings. The highest BCUT2D eigenvalue weighted by Gasteiger charge is 2.23. The number of allylic oxidation sites excluding steroid dienone is 10. The van der Waals surface area contributed by atoms with Crippen LogP contribution in [0.2, 0.25) is 0 Å². The molecule has 0 spiro atoms. The Labute approximate surface area is 348 Å². The number of ether oxygens (including phenoxy) is 1. The number of carbonyl (C=O) groups is 2. The van der Waals surface area contributed by atoms with Crippen molar-refractivity contribution < 1.29 is 37.9 Å². The molecule has 0 aromatic carbocycles. The third kappa shape index (κ3) is 44.7. The van der Waals surface area contributed by atoms with Gasteiger partial charge in [-0.1, -0.05) is 158 Å². The maximum atomic E-state index is 12.1. The Hall–Kier alpha value is -2.29. The molecule has 1 amide bonds. The molecule has 0 aliphatic heterocycles. The summed E-state index contributed by atoms with van der Waals surface area (Å²) in [7, 11) is -4.43. The van der Waals surface area contributed by atoms with Crippen LogP contribution >= 0.6 is 7.82 Å². The van der Waals surface area contributed by atoms with Gasteiger partial charge in [0.2, 0.25) is 5.91 Å². The number of phosphoric ester groups is 1. The van der Waals surface area contributed by atoms with Crippen molar-refractivity contribution in [2.75, 3.05) is 26.4 Å². The van der Waals surface area contributed by atoms with Crippen LogP contribution in [0.4, 0.5) is 0 Å². The Balaban J connectivity index is 3.66. The van der Waals surface area contributed by atoms with Gasteiger partial charge in [-0.05, 0) is 83.5 Å². The molecule has 2 unspecified atom stereocenters. The normalized spacial score (nSPS) is 13.8. The first-order valence-electron chi connectivity index (χ1n) is 22.8. The largest absolute Gasteiger partial charge is 0.472 e. The average Bonchev–Trinajstić information content (AvgIpc) is 3.20. The minimum Gasteiger partial charge on any atom is -0.463 e. The highest BCUT2D eigenvalue weighted by Crippen LogP contribution is 2.42. The molecule has 57 heavy (non-hydrogen) atoms. The third-order valence-electron chi connectivity index (χ3n) is 9.42. The van der Waals surface area contributed by atoms with E-state index in [-0.39, 0.29) is 32.1 Å². The SMILES string of the molecule is CCCCC/C=C\C/C=C\C/C=C\C/C=C\CCCCCC(=O)OCC(O)COP(=O)(O)OCCNC(=O)CCCCCCCCC/C=C\CCCCCCCC. The van der Waals surface area contributed by atoms with Crippen LogP contribution in [0.25, 0.3) is 0 Å². The summed E-state index contributed by atoms with van der Waals surface area (Å²) >= 11 is 0. The molecule has 0 radical (unpaired) electrons. The summed E-state index contributed by atoms with van der Waals surface area (Å²) in [5, 5.41) is 12.7. The summed E-state index contributed by atoms with van der Waals surface area (Å²) < 4.78 is 26.9. The van der Waals surface area contributed by atoms with Gasteiger partial charge >= 0.3 is 13.8 Å². The molecule has 9 nitrogen and oxygen atoms in total. The minimum absolute atomic E-state index is 0.0733. The second-order valence-corrected chi connectivity index (χ2v) is 16.5. The molecule has 0 rings (SSSR count). The van der Waals surface area contributed by atoms with Crippen LogP contribution in [0.15, 0.2) is 60.8 Å². The Kier molecular flexibility index (Phi) is 41.6. The Morgan fingerprint density at radius 1 is 0.544 bits per heavy atom. The number of hydrogen-bond donors (Lipinski definition) is 3. The van der Waals surface area contributed by atoms with Gasteiger partial charge in [0.15, 0.2) is 0 Å². The first-order chi connectivity index (χ1) is 27.8. The average molecular weight is 822 g/mol. The summed E-state index contributed by atoms with van der Waals surface area (Å²) in [6.07, 6.45) is 51.5. The van der Waals surface area contributed by atoms with Crippen molar-refractivity contribution in [3.8, 4) is 0 Å². The molecular weight excluding hydrogens is 737 g/mol. The molecule has 2 atom stereocenters. The van der Waals surface area contributed by atoms with Crippen LogP contribution in [-0.4, -0.2) is 54.3 Å². The molecule has 0 saturated heterocycles. The van der Waals surface area contributed by atoms with Crippen LogP contribution in [0.1, 0.15) is 194 Å². The molecule has 0 saturated carbocycles. The zero-order valence-electron chi connectivity index (χ0n) is 36.3. The van der Waals surface area contributed by atoms with Crippen molar-refractivity contribution in [1.29, 1.82) is 0 Å². The monoisotopic (exact) mass is 822 g/mol.